The molecule has 1 aliphatic rings. The monoisotopic (exact) mass is 460 g/mol. The average Bonchev–Trinajstić information content (AvgIpc) is 2.99. The molecule has 0 radical (unpaired) electrons. The molecule has 0 unspecified atom stereocenters. The number of sulfonamides is 1. The van der Waals surface area contributed by atoms with Gasteiger partial charge in [0.15, 0.2) is 0 Å². The van der Waals surface area contributed by atoms with Crippen molar-refractivity contribution in [1.82, 2.24) is 9.21 Å². The lowest BCUT2D eigenvalue weighted by molar-refractivity contribution is 0.0192. The maximum atomic E-state index is 13.1. The predicted molar refractivity (Wildman–Crippen MR) is 106 cm³/mol. The van der Waals surface area contributed by atoms with Gasteiger partial charge in [-0.1, -0.05) is 12.1 Å². The SMILES string of the molecule is CC(C)(C)OC(=O)N1CCN(S(=O)(=O)c2csc3c(Br)cccc23)CC1. The van der Waals surface area contributed by atoms with Crippen LogP contribution in [0.4, 0.5) is 4.79 Å². The number of rotatable bonds is 2. The van der Waals surface area contributed by atoms with E-state index < -0.39 is 21.7 Å². The number of hydrogen-bond donors (Lipinski definition) is 0. The molecular formula is C17H21BrN2O4S2. The number of amides is 1. The highest BCUT2D eigenvalue weighted by atomic mass is 79.9. The summed E-state index contributed by atoms with van der Waals surface area (Å²) in [6, 6.07) is 5.55. The van der Waals surface area contributed by atoms with Crippen LogP contribution in [0.25, 0.3) is 10.1 Å². The molecule has 142 valence electrons. The van der Waals surface area contributed by atoms with E-state index >= 15 is 0 Å². The van der Waals surface area contributed by atoms with Gasteiger partial charge in [0.1, 0.15) is 10.5 Å². The number of carbonyl (C=O) groups excluding carboxylic acids is 1. The van der Waals surface area contributed by atoms with Gasteiger partial charge in [0.2, 0.25) is 10.0 Å². The molecule has 1 amide bonds. The number of hydrogen-bond acceptors (Lipinski definition) is 5. The Bertz CT molecular complexity index is 926. The fourth-order valence-corrected chi connectivity index (χ4v) is 6.32. The van der Waals surface area contributed by atoms with Crippen molar-refractivity contribution in [3.63, 3.8) is 0 Å². The van der Waals surface area contributed by atoms with Crippen LogP contribution in [-0.4, -0.2) is 55.5 Å². The molecule has 0 aliphatic carbocycles. The number of carbonyl (C=O) groups is 1. The normalized spacial score (nSPS) is 16.8. The molecular weight excluding hydrogens is 440 g/mol. The molecule has 1 saturated heterocycles. The zero-order valence-corrected chi connectivity index (χ0v) is 18.1. The molecule has 0 N–H and O–H groups in total. The Morgan fingerprint density at radius 3 is 2.46 bits per heavy atom. The summed E-state index contributed by atoms with van der Waals surface area (Å²) in [6.07, 6.45) is -0.403. The molecule has 0 spiro atoms. The number of halogens is 1. The number of nitrogens with zero attached hydrogens (tertiary/aromatic N) is 2. The Labute approximate surface area is 165 Å². The van der Waals surface area contributed by atoms with Gasteiger partial charge in [0.25, 0.3) is 0 Å². The molecule has 0 saturated carbocycles. The van der Waals surface area contributed by atoms with Gasteiger partial charge in [-0.3, -0.25) is 0 Å². The van der Waals surface area contributed by atoms with Crippen molar-refractivity contribution in [3.05, 3.63) is 28.1 Å². The first-order chi connectivity index (χ1) is 12.1. The Balaban J connectivity index is 1.76. The van der Waals surface area contributed by atoms with E-state index in [4.69, 9.17) is 4.74 Å². The van der Waals surface area contributed by atoms with Gasteiger partial charge in [0, 0.05) is 46.1 Å². The van der Waals surface area contributed by atoms with Gasteiger partial charge in [-0.15, -0.1) is 11.3 Å². The van der Waals surface area contributed by atoms with Crippen molar-refractivity contribution in [3.8, 4) is 0 Å². The van der Waals surface area contributed by atoms with Crippen LogP contribution in [0, 0.1) is 0 Å². The van der Waals surface area contributed by atoms with E-state index in [0.717, 1.165) is 14.6 Å². The molecule has 2 aromatic rings. The summed E-state index contributed by atoms with van der Waals surface area (Å²) in [5, 5.41) is 2.41. The lowest BCUT2D eigenvalue weighted by atomic mass is 10.2. The molecule has 26 heavy (non-hydrogen) atoms. The number of thiophene rings is 1. The summed E-state index contributed by atoms with van der Waals surface area (Å²) in [7, 11) is -3.60. The number of ether oxygens (including phenoxy) is 1. The molecule has 6 nitrogen and oxygen atoms in total. The second-order valence-electron chi connectivity index (χ2n) is 7.09. The van der Waals surface area contributed by atoms with E-state index in [1.54, 1.807) is 10.3 Å². The van der Waals surface area contributed by atoms with Crippen molar-refractivity contribution >= 4 is 53.5 Å². The van der Waals surface area contributed by atoms with Gasteiger partial charge < -0.3 is 9.64 Å². The molecule has 1 aromatic carbocycles. The van der Waals surface area contributed by atoms with Crippen LogP contribution in [0.2, 0.25) is 0 Å². The minimum absolute atomic E-state index is 0.257. The summed E-state index contributed by atoms with van der Waals surface area (Å²) in [4.78, 5) is 14.0. The highest BCUT2D eigenvalue weighted by Crippen LogP contribution is 2.36. The van der Waals surface area contributed by atoms with Gasteiger partial charge >= 0.3 is 6.09 Å². The largest absolute Gasteiger partial charge is 0.444 e. The Kier molecular flexibility index (Phi) is 5.35. The number of benzene rings is 1. The second-order valence-corrected chi connectivity index (χ2v) is 10.7. The molecule has 0 atom stereocenters. The van der Waals surface area contributed by atoms with E-state index in [1.807, 2.05) is 39.0 Å². The standard InChI is InChI=1S/C17H21BrN2O4S2/c1-17(2,3)24-16(21)19-7-9-20(10-8-19)26(22,23)14-11-25-15-12(14)5-4-6-13(15)18/h4-6,11H,7-10H2,1-3H3. The Morgan fingerprint density at radius 2 is 1.85 bits per heavy atom. The zero-order valence-electron chi connectivity index (χ0n) is 14.9. The Hall–Kier alpha value is -1.16. The van der Waals surface area contributed by atoms with E-state index in [-0.39, 0.29) is 13.1 Å². The second kappa shape index (κ2) is 7.10. The van der Waals surface area contributed by atoms with Crippen LogP contribution < -0.4 is 0 Å². The van der Waals surface area contributed by atoms with Crippen LogP contribution in [-0.2, 0) is 14.8 Å². The Morgan fingerprint density at radius 1 is 1.19 bits per heavy atom. The summed E-state index contributed by atoms with van der Waals surface area (Å²) >= 11 is 4.87. The van der Waals surface area contributed by atoms with E-state index in [1.165, 1.54) is 15.6 Å². The van der Waals surface area contributed by atoms with Crippen LogP contribution >= 0.6 is 27.3 Å². The molecule has 9 heteroatoms. The fraction of sp³-hybridized carbons (Fsp3) is 0.471. The van der Waals surface area contributed by atoms with Crippen molar-refractivity contribution in [2.45, 2.75) is 31.3 Å². The number of piperazine rings is 1. The molecule has 3 rings (SSSR count). The zero-order chi connectivity index (χ0) is 19.1. The lowest BCUT2D eigenvalue weighted by Crippen LogP contribution is -2.51. The van der Waals surface area contributed by atoms with E-state index in [2.05, 4.69) is 15.9 Å². The van der Waals surface area contributed by atoms with Crippen molar-refractivity contribution in [1.29, 1.82) is 0 Å². The smallest absolute Gasteiger partial charge is 0.410 e. The van der Waals surface area contributed by atoms with Gasteiger partial charge in [-0.05, 0) is 42.8 Å². The fourth-order valence-electron chi connectivity index (χ4n) is 2.77. The van der Waals surface area contributed by atoms with Crippen molar-refractivity contribution in [2.75, 3.05) is 26.2 Å². The van der Waals surface area contributed by atoms with Crippen LogP contribution in [0.1, 0.15) is 20.8 Å². The number of fused-ring (bicyclic) bond motifs is 1. The van der Waals surface area contributed by atoms with Crippen LogP contribution in [0.3, 0.4) is 0 Å². The highest BCUT2D eigenvalue weighted by molar-refractivity contribution is 9.10. The first-order valence-electron chi connectivity index (χ1n) is 8.23. The lowest BCUT2D eigenvalue weighted by Gasteiger charge is -2.34. The third-order valence-electron chi connectivity index (χ3n) is 4.02. The summed E-state index contributed by atoms with van der Waals surface area (Å²) < 4.78 is 34.7. The quantitative estimate of drug-likeness (QED) is 0.681. The maximum Gasteiger partial charge on any atom is 0.410 e. The van der Waals surface area contributed by atoms with E-state index in [0.29, 0.717) is 18.0 Å². The third kappa shape index (κ3) is 3.90. The van der Waals surface area contributed by atoms with Gasteiger partial charge in [-0.25, -0.2) is 13.2 Å². The topological polar surface area (TPSA) is 66.9 Å². The summed E-state index contributed by atoms with van der Waals surface area (Å²) in [5.74, 6) is 0. The summed E-state index contributed by atoms with van der Waals surface area (Å²) in [6.45, 7) is 6.59. The third-order valence-corrected chi connectivity index (χ3v) is 8.06. The predicted octanol–water partition coefficient (Wildman–Crippen LogP) is 3.91. The van der Waals surface area contributed by atoms with Crippen molar-refractivity contribution in [2.24, 2.45) is 0 Å². The van der Waals surface area contributed by atoms with Crippen LogP contribution in [0.15, 0.2) is 32.9 Å². The minimum Gasteiger partial charge on any atom is -0.444 e. The summed E-state index contributed by atoms with van der Waals surface area (Å²) in [5.41, 5.74) is -0.566. The average molecular weight is 461 g/mol. The molecule has 1 aliphatic heterocycles. The minimum atomic E-state index is -3.60. The van der Waals surface area contributed by atoms with Gasteiger partial charge in [-0.2, -0.15) is 4.31 Å². The molecule has 2 heterocycles. The molecule has 1 fully saturated rings. The van der Waals surface area contributed by atoms with Crippen LogP contribution in [0.5, 0.6) is 0 Å². The van der Waals surface area contributed by atoms with Gasteiger partial charge in [0.05, 0.1) is 0 Å². The maximum absolute atomic E-state index is 13.1. The highest BCUT2D eigenvalue weighted by Gasteiger charge is 2.33. The molecule has 1 aromatic heterocycles. The van der Waals surface area contributed by atoms with Crippen molar-refractivity contribution < 1.29 is 17.9 Å². The first-order valence-corrected chi connectivity index (χ1v) is 11.3. The van der Waals surface area contributed by atoms with E-state index in [9.17, 15) is 13.2 Å². The first kappa shape index (κ1) is 19.6. The molecule has 0 bridgehead atoms.